The number of carbonyl (C=O) groups is 3. The van der Waals surface area contributed by atoms with Crippen LogP contribution in [0.3, 0.4) is 0 Å². The molecule has 7 N–H and O–H groups in total. The number of carboxylic acid groups (broad SMARTS) is 2. The van der Waals surface area contributed by atoms with Crippen LogP contribution in [0.5, 0.6) is 0 Å². The highest BCUT2D eigenvalue weighted by Crippen LogP contribution is 2.15. The lowest BCUT2D eigenvalue weighted by Crippen LogP contribution is -2.41. The number of hydrogen-bond acceptors (Lipinski definition) is 7. The van der Waals surface area contributed by atoms with Gasteiger partial charge in [0.1, 0.15) is 6.04 Å². The van der Waals surface area contributed by atoms with Crippen molar-refractivity contribution >= 4 is 40.4 Å². The van der Waals surface area contributed by atoms with Gasteiger partial charge in [-0.05, 0) is 48.4 Å². The molecule has 0 aliphatic rings. The molecule has 0 bridgehead atoms. The normalized spacial score (nSPS) is 11.6. The number of nitrogen functional groups attached to an aromatic ring is 1. The van der Waals surface area contributed by atoms with E-state index in [4.69, 9.17) is 15.9 Å². The molecule has 0 radical (unpaired) electrons. The van der Waals surface area contributed by atoms with Crippen molar-refractivity contribution in [2.45, 2.75) is 25.4 Å². The zero-order chi connectivity index (χ0) is 23.3. The maximum absolute atomic E-state index is 12.3. The standard InChI is InChI=1S/C21H21N5O6/c22-21-25-15-6-1-11(9-14(15)19(30)26-21)10-23-13-4-2-12(3-5-13)18(29)24-16(20(31)32)7-8-17(27)28/h1-6,9,16,23H,7-8,10H2,(H,24,29)(H,27,28)(H,31,32)(H3,22,25,26,30). The van der Waals surface area contributed by atoms with Gasteiger partial charge in [-0.25, -0.2) is 9.78 Å². The third kappa shape index (κ3) is 5.59. The summed E-state index contributed by atoms with van der Waals surface area (Å²) in [5, 5.41) is 23.8. The number of aliphatic carboxylic acids is 2. The number of anilines is 2. The first-order valence-electron chi connectivity index (χ1n) is 9.61. The third-order valence-corrected chi connectivity index (χ3v) is 4.68. The summed E-state index contributed by atoms with van der Waals surface area (Å²) in [5.41, 5.74) is 7.47. The predicted octanol–water partition coefficient (Wildman–Crippen LogP) is 1.17. The first-order chi connectivity index (χ1) is 15.2. The second-order valence-electron chi connectivity index (χ2n) is 7.03. The quantitative estimate of drug-likeness (QED) is 0.284. The van der Waals surface area contributed by atoms with E-state index in [0.717, 1.165) is 5.56 Å². The van der Waals surface area contributed by atoms with Crippen LogP contribution in [-0.2, 0) is 16.1 Å². The molecule has 2 aromatic carbocycles. The van der Waals surface area contributed by atoms with Crippen LogP contribution in [0.25, 0.3) is 10.9 Å². The fraction of sp³-hybridized carbons (Fsp3) is 0.190. The van der Waals surface area contributed by atoms with Gasteiger partial charge in [-0.15, -0.1) is 0 Å². The summed E-state index contributed by atoms with van der Waals surface area (Å²) in [4.78, 5) is 52.7. The molecule has 3 aromatic rings. The van der Waals surface area contributed by atoms with E-state index in [9.17, 15) is 19.2 Å². The molecule has 0 spiro atoms. The van der Waals surface area contributed by atoms with Gasteiger partial charge in [0.05, 0.1) is 10.9 Å². The summed E-state index contributed by atoms with van der Waals surface area (Å²) in [6, 6.07) is 10.3. The van der Waals surface area contributed by atoms with Crippen LogP contribution in [-0.4, -0.2) is 44.1 Å². The Bertz CT molecular complexity index is 1220. The number of nitrogens with one attached hydrogen (secondary N) is 3. The number of rotatable bonds is 9. The van der Waals surface area contributed by atoms with Crippen LogP contribution in [0.15, 0.2) is 47.3 Å². The maximum atomic E-state index is 12.3. The molecule has 11 nitrogen and oxygen atoms in total. The molecule has 1 unspecified atom stereocenters. The Balaban J connectivity index is 1.62. The fourth-order valence-electron chi connectivity index (χ4n) is 3.02. The molecular weight excluding hydrogens is 418 g/mol. The molecule has 0 aliphatic carbocycles. The second kappa shape index (κ2) is 9.60. The molecule has 32 heavy (non-hydrogen) atoms. The maximum Gasteiger partial charge on any atom is 0.326 e. The van der Waals surface area contributed by atoms with Gasteiger partial charge in [-0.2, -0.15) is 0 Å². The minimum atomic E-state index is -1.30. The van der Waals surface area contributed by atoms with Crippen molar-refractivity contribution in [1.82, 2.24) is 15.3 Å². The van der Waals surface area contributed by atoms with E-state index >= 15 is 0 Å². The number of nitrogens with zero attached hydrogens (tertiary/aromatic N) is 1. The number of aromatic nitrogens is 2. The van der Waals surface area contributed by atoms with Crippen LogP contribution in [0, 0.1) is 0 Å². The highest BCUT2D eigenvalue weighted by atomic mass is 16.4. The number of aromatic amines is 1. The van der Waals surface area contributed by atoms with Crippen LogP contribution >= 0.6 is 0 Å². The predicted molar refractivity (Wildman–Crippen MR) is 116 cm³/mol. The molecular formula is C21H21N5O6. The van der Waals surface area contributed by atoms with E-state index in [1.807, 2.05) is 6.07 Å². The van der Waals surface area contributed by atoms with Crippen LogP contribution < -0.4 is 21.9 Å². The van der Waals surface area contributed by atoms with Crippen LogP contribution in [0.1, 0.15) is 28.8 Å². The fourth-order valence-corrected chi connectivity index (χ4v) is 3.02. The zero-order valence-corrected chi connectivity index (χ0v) is 16.8. The number of carboxylic acids is 2. The number of benzene rings is 2. The molecule has 166 valence electrons. The molecule has 0 saturated heterocycles. The van der Waals surface area contributed by atoms with Gasteiger partial charge in [0.25, 0.3) is 11.5 Å². The van der Waals surface area contributed by atoms with Crippen LogP contribution in [0.2, 0.25) is 0 Å². The molecule has 1 atom stereocenters. The Morgan fingerprint density at radius 2 is 1.81 bits per heavy atom. The Kier molecular flexibility index (Phi) is 6.68. The van der Waals surface area contributed by atoms with Gasteiger partial charge in [0.2, 0.25) is 5.95 Å². The summed E-state index contributed by atoms with van der Waals surface area (Å²) in [5.74, 6) is -3.01. The summed E-state index contributed by atoms with van der Waals surface area (Å²) < 4.78 is 0. The monoisotopic (exact) mass is 439 g/mol. The van der Waals surface area contributed by atoms with Crippen molar-refractivity contribution in [2.75, 3.05) is 11.1 Å². The molecule has 0 saturated carbocycles. The van der Waals surface area contributed by atoms with Gasteiger partial charge in [-0.3, -0.25) is 19.4 Å². The minimum Gasteiger partial charge on any atom is -0.481 e. The molecule has 0 fully saturated rings. The largest absolute Gasteiger partial charge is 0.481 e. The van der Waals surface area contributed by atoms with Gasteiger partial charge >= 0.3 is 11.9 Å². The van der Waals surface area contributed by atoms with E-state index in [1.54, 1.807) is 24.3 Å². The van der Waals surface area contributed by atoms with E-state index in [0.29, 0.717) is 23.1 Å². The Morgan fingerprint density at radius 1 is 1.09 bits per heavy atom. The lowest BCUT2D eigenvalue weighted by atomic mass is 10.1. The van der Waals surface area contributed by atoms with Crippen molar-refractivity contribution in [2.24, 2.45) is 0 Å². The number of carbonyl (C=O) groups excluding carboxylic acids is 1. The lowest BCUT2D eigenvalue weighted by Gasteiger charge is -2.14. The average Bonchev–Trinajstić information content (AvgIpc) is 2.75. The van der Waals surface area contributed by atoms with Crippen molar-refractivity contribution < 1.29 is 24.6 Å². The molecule has 3 rings (SSSR count). The average molecular weight is 439 g/mol. The van der Waals surface area contributed by atoms with Gasteiger partial charge in [-0.1, -0.05) is 6.07 Å². The van der Waals surface area contributed by atoms with Crippen molar-refractivity contribution in [3.05, 3.63) is 63.9 Å². The van der Waals surface area contributed by atoms with E-state index < -0.39 is 23.9 Å². The Labute approximate surface area is 181 Å². The smallest absolute Gasteiger partial charge is 0.326 e. The lowest BCUT2D eigenvalue weighted by molar-refractivity contribution is -0.140. The number of H-pyrrole nitrogens is 1. The minimum absolute atomic E-state index is 0.0501. The van der Waals surface area contributed by atoms with Crippen molar-refractivity contribution in [1.29, 1.82) is 0 Å². The Hall–Kier alpha value is -4.41. The Morgan fingerprint density at radius 3 is 2.47 bits per heavy atom. The number of fused-ring (bicyclic) bond motifs is 1. The van der Waals surface area contributed by atoms with Gasteiger partial charge in [0, 0.05) is 24.2 Å². The number of hydrogen-bond donors (Lipinski definition) is 6. The third-order valence-electron chi connectivity index (χ3n) is 4.68. The number of amides is 1. The highest BCUT2D eigenvalue weighted by molar-refractivity contribution is 5.97. The number of nitrogens with two attached hydrogens (primary N) is 1. The van der Waals surface area contributed by atoms with E-state index in [2.05, 4.69) is 20.6 Å². The summed E-state index contributed by atoms with van der Waals surface area (Å²) >= 11 is 0. The molecule has 1 amide bonds. The van der Waals surface area contributed by atoms with E-state index in [-0.39, 0.29) is 29.9 Å². The first kappa shape index (κ1) is 22.3. The zero-order valence-electron chi connectivity index (χ0n) is 16.8. The molecule has 0 aliphatic heterocycles. The summed E-state index contributed by atoms with van der Waals surface area (Å²) in [6.07, 6.45) is -0.586. The molecule has 1 heterocycles. The summed E-state index contributed by atoms with van der Waals surface area (Å²) in [7, 11) is 0. The SMILES string of the molecule is Nc1nc2ccc(CNc3ccc(C(=O)NC(CCC(=O)O)C(=O)O)cc3)cc2c(=O)[nH]1. The van der Waals surface area contributed by atoms with Gasteiger partial charge < -0.3 is 26.6 Å². The van der Waals surface area contributed by atoms with Gasteiger partial charge in [0.15, 0.2) is 0 Å². The highest BCUT2D eigenvalue weighted by Gasteiger charge is 2.21. The molecule has 11 heteroatoms. The van der Waals surface area contributed by atoms with Crippen molar-refractivity contribution in [3.8, 4) is 0 Å². The first-order valence-corrected chi connectivity index (χ1v) is 9.61. The van der Waals surface area contributed by atoms with Crippen LogP contribution in [0.4, 0.5) is 11.6 Å². The molecule has 1 aromatic heterocycles. The van der Waals surface area contributed by atoms with Crippen molar-refractivity contribution in [3.63, 3.8) is 0 Å². The second-order valence-corrected chi connectivity index (χ2v) is 7.03. The topological polar surface area (TPSA) is 187 Å². The summed E-state index contributed by atoms with van der Waals surface area (Å²) in [6.45, 7) is 0.404. The van der Waals surface area contributed by atoms with E-state index in [1.165, 1.54) is 12.1 Å².